The molecule has 0 aliphatic rings. The number of aromatic nitrogens is 2. The monoisotopic (exact) mass is 344 g/mol. The van der Waals surface area contributed by atoms with Gasteiger partial charge in [-0.1, -0.05) is 82.5 Å². The number of nitrogens with one attached hydrogen (secondary N) is 1. The van der Waals surface area contributed by atoms with Crippen molar-refractivity contribution < 1.29 is 9.90 Å². The number of carboxylic acid groups (broad SMARTS) is 1. The molecule has 0 fully saturated rings. The molecule has 0 bridgehead atoms. The average Bonchev–Trinajstić information content (AvgIpc) is 2.90. The number of unbranched alkanes of at least 4 members (excludes halogenated alkanes) is 9. The van der Waals surface area contributed by atoms with Crippen LogP contribution in [0.3, 0.4) is 0 Å². The average molecular weight is 345 g/mol. The van der Waals surface area contributed by atoms with Gasteiger partial charge in [-0.15, -0.1) is 0 Å². The Labute approximate surface area is 142 Å². The molecule has 0 radical (unpaired) electrons. The first-order chi connectivity index (χ1) is 10.6. The molecule has 1 aromatic heterocycles. The van der Waals surface area contributed by atoms with Crippen LogP contribution in [0.4, 0.5) is 0 Å². The number of aromatic amines is 1. The minimum absolute atomic E-state index is 0.507. The van der Waals surface area contributed by atoms with Crippen molar-refractivity contribution in [2.24, 2.45) is 0 Å². The predicted molar refractivity (Wildman–Crippen MR) is 94.1 cm³/mol. The summed E-state index contributed by atoms with van der Waals surface area (Å²) in [6.45, 7) is 2.24. The van der Waals surface area contributed by atoms with Crippen molar-refractivity contribution in [3.8, 4) is 0 Å². The molecule has 0 saturated heterocycles. The van der Waals surface area contributed by atoms with Crippen LogP contribution in [0.5, 0.6) is 0 Å². The first-order valence-electron chi connectivity index (χ1n) is 8.43. The third-order valence-corrected chi connectivity index (χ3v) is 5.10. The van der Waals surface area contributed by atoms with Gasteiger partial charge in [-0.3, -0.25) is 9.89 Å². The van der Waals surface area contributed by atoms with Gasteiger partial charge >= 0.3 is 5.97 Å². The van der Waals surface area contributed by atoms with E-state index in [1.807, 2.05) is 0 Å². The number of carboxylic acids is 1. The lowest BCUT2D eigenvalue weighted by atomic mass is 10.0. The Hall–Kier alpha value is -0.750. The fraction of sp³-hybridized carbons (Fsp3) is 0.812. The normalized spacial score (nSPS) is 12.4. The van der Waals surface area contributed by atoms with Gasteiger partial charge in [0, 0.05) is 0 Å². The first-order valence-corrected chi connectivity index (χ1v) is 9.65. The maximum atomic E-state index is 11.3. The van der Waals surface area contributed by atoms with Crippen LogP contribution in [0.2, 0.25) is 0 Å². The quantitative estimate of drug-likeness (QED) is 0.357. The standard InChI is InChI=1S/C16H28N2O2S2/c1-2-3-4-5-6-7-8-9-10-11-12-13(15(19)20)14-17-18-16(21)22-14/h13H,2-12H2,1H3,(H,18,21)(H,19,20). The molecule has 1 heterocycles. The summed E-state index contributed by atoms with van der Waals surface area (Å²) in [4.78, 5) is 11.3. The Balaban J connectivity index is 2.09. The van der Waals surface area contributed by atoms with E-state index in [-0.39, 0.29) is 0 Å². The lowest BCUT2D eigenvalue weighted by Gasteiger charge is -2.08. The Morgan fingerprint density at radius 1 is 1.14 bits per heavy atom. The van der Waals surface area contributed by atoms with E-state index in [1.165, 1.54) is 62.7 Å². The molecule has 2 N–H and O–H groups in total. The van der Waals surface area contributed by atoms with E-state index in [0.29, 0.717) is 15.4 Å². The van der Waals surface area contributed by atoms with Crippen molar-refractivity contribution in [3.63, 3.8) is 0 Å². The van der Waals surface area contributed by atoms with Gasteiger partial charge in [0.05, 0.1) is 0 Å². The zero-order valence-corrected chi connectivity index (χ0v) is 15.1. The molecule has 4 nitrogen and oxygen atoms in total. The van der Waals surface area contributed by atoms with Crippen LogP contribution in [-0.4, -0.2) is 21.3 Å². The van der Waals surface area contributed by atoms with E-state index >= 15 is 0 Å². The smallest absolute Gasteiger partial charge is 0.313 e. The van der Waals surface area contributed by atoms with Gasteiger partial charge in [0.15, 0.2) is 3.95 Å². The summed E-state index contributed by atoms with van der Waals surface area (Å²) < 4.78 is 0.546. The predicted octanol–water partition coefficient (Wildman–Crippen LogP) is 5.68. The van der Waals surface area contributed by atoms with Crippen molar-refractivity contribution >= 4 is 29.5 Å². The highest BCUT2D eigenvalue weighted by Gasteiger charge is 2.22. The molecule has 1 rings (SSSR count). The molecule has 126 valence electrons. The van der Waals surface area contributed by atoms with Gasteiger partial charge in [0.2, 0.25) is 0 Å². The summed E-state index contributed by atoms with van der Waals surface area (Å²) >= 11 is 6.24. The number of hydrogen-bond donors (Lipinski definition) is 2. The van der Waals surface area contributed by atoms with Crippen molar-refractivity contribution in [2.45, 2.75) is 83.5 Å². The molecule has 1 aromatic rings. The summed E-state index contributed by atoms with van der Waals surface area (Å²) in [5, 5.41) is 16.6. The number of H-pyrrole nitrogens is 1. The third kappa shape index (κ3) is 8.03. The minimum Gasteiger partial charge on any atom is -0.481 e. The Morgan fingerprint density at radius 2 is 1.68 bits per heavy atom. The third-order valence-electron chi connectivity index (χ3n) is 3.90. The van der Waals surface area contributed by atoms with E-state index < -0.39 is 11.9 Å². The molecule has 0 spiro atoms. The van der Waals surface area contributed by atoms with Crippen LogP contribution >= 0.6 is 23.6 Å². The maximum absolute atomic E-state index is 11.3. The highest BCUT2D eigenvalue weighted by Crippen LogP contribution is 2.25. The lowest BCUT2D eigenvalue weighted by Crippen LogP contribution is -2.11. The zero-order chi connectivity index (χ0) is 16.2. The van der Waals surface area contributed by atoms with Gasteiger partial charge in [-0.2, -0.15) is 5.10 Å². The molecular formula is C16H28N2O2S2. The van der Waals surface area contributed by atoms with E-state index in [9.17, 15) is 9.90 Å². The number of hydrogen-bond acceptors (Lipinski definition) is 4. The second-order valence-corrected chi connectivity index (χ2v) is 7.51. The Morgan fingerprint density at radius 3 is 2.14 bits per heavy atom. The van der Waals surface area contributed by atoms with Gasteiger partial charge in [-0.05, 0) is 18.6 Å². The summed E-state index contributed by atoms with van der Waals surface area (Å²) in [6.07, 6.45) is 13.2. The van der Waals surface area contributed by atoms with Crippen LogP contribution < -0.4 is 0 Å². The number of nitrogens with zero attached hydrogens (tertiary/aromatic N) is 1. The van der Waals surface area contributed by atoms with Crippen LogP contribution in [0.15, 0.2) is 0 Å². The molecule has 0 saturated carbocycles. The second-order valence-electron chi connectivity index (χ2n) is 5.81. The maximum Gasteiger partial charge on any atom is 0.313 e. The second kappa shape index (κ2) is 11.8. The van der Waals surface area contributed by atoms with Gasteiger partial charge in [0.25, 0.3) is 0 Å². The van der Waals surface area contributed by atoms with Crippen molar-refractivity contribution in [1.29, 1.82) is 0 Å². The highest BCUT2D eigenvalue weighted by molar-refractivity contribution is 7.73. The zero-order valence-electron chi connectivity index (χ0n) is 13.5. The Bertz CT molecular complexity index is 471. The van der Waals surface area contributed by atoms with Crippen molar-refractivity contribution in [2.75, 3.05) is 0 Å². The van der Waals surface area contributed by atoms with Crippen LogP contribution in [-0.2, 0) is 4.79 Å². The Kier molecular flexibility index (Phi) is 10.3. The molecule has 0 amide bonds. The van der Waals surface area contributed by atoms with Crippen molar-refractivity contribution in [1.82, 2.24) is 10.2 Å². The van der Waals surface area contributed by atoms with Crippen LogP contribution in [0, 0.1) is 3.95 Å². The fourth-order valence-electron chi connectivity index (χ4n) is 2.58. The molecule has 0 aliphatic heterocycles. The highest BCUT2D eigenvalue weighted by atomic mass is 32.1. The molecule has 0 aliphatic carbocycles. The van der Waals surface area contributed by atoms with Crippen LogP contribution in [0.25, 0.3) is 0 Å². The molecule has 6 heteroatoms. The van der Waals surface area contributed by atoms with Gasteiger partial charge in [-0.25, -0.2) is 0 Å². The molecule has 1 atom stereocenters. The SMILES string of the molecule is CCCCCCCCCCCCC(C(=O)O)c1n[nH]c(=S)s1. The summed E-state index contributed by atoms with van der Waals surface area (Å²) in [5.74, 6) is -1.30. The topological polar surface area (TPSA) is 66.0 Å². The fourth-order valence-corrected chi connectivity index (χ4v) is 3.61. The molecule has 1 unspecified atom stereocenters. The number of aliphatic carboxylic acids is 1. The first kappa shape index (κ1) is 19.3. The number of rotatable bonds is 13. The summed E-state index contributed by atoms with van der Waals surface area (Å²) in [6, 6.07) is 0. The van der Waals surface area contributed by atoms with Gasteiger partial charge in [0.1, 0.15) is 10.9 Å². The molecular weight excluding hydrogens is 316 g/mol. The van der Waals surface area contributed by atoms with E-state index in [4.69, 9.17) is 12.2 Å². The van der Waals surface area contributed by atoms with E-state index in [2.05, 4.69) is 17.1 Å². The lowest BCUT2D eigenvalue weighted by molar-refractivity contribution is -0.139. The van der Waals surface area contributed by atoms with Gasteiger partial charge < -0.3 is 5.11 Å². The summed E-state index contributed by atoms with van der Waals surface area (Å²) in [5.41, 5.74) is 0. The summed E-state index contributed by atoms with van der Waals surface area (Å²) in [7, 11) is 0. The van der Waals surface area contributed by atoms with E-state index in [1.54, 1.807) is 0 Å². The largest absolute Gasteiger partial charge is 0.481 e. The van der Waals surface area contributed by atoms with E-state index in [0.717, 1.165) is 12.8 Å². The number of carbonyl (C=O) groups is 1. The minimum atomic E-state index is -0.798. The molecule has 22 heavy (non-hydrogen) atoms. The van der Waals surface area contributed by atoms with Crippen molar-refractivity contribution in [3.05, 3.63) is 8.96 Å². The van der Waals surface area contributed by atoms with Crippen LogP contribution in [0.1, 0.15) is 88.5 Å². The molecule has 0 aromatic carbocycles.